The molecule has 0 amide bonds. The van der Waals surface area contributed by atoms with E-state index in [0.29, 0.717) is 12.0 Å². The lowest BCUT2D eigenvalue weighted by Crippen LogP contribution is -2.46. The summed E-state index contributed by atoms with van der Waals surface area (Å²) in [5, 5.41) is 11.2. The van der Waals surface area contributed by atoms with E-state index in [9.17, 15) is 19.5 Å². The van der Waals surface area contributed by atoms with E-state index in [4.69, 9.17) is 18.9 Å². The molecule has 1 N–H and O–H groups in total. The molecule has 0 spiro atoms. The molecule has 30 heavy (non-hydrogen) atoms. The molecule has 3 heterocycles. The van der Waals surface area contributed by atoms with E-state index in [1.165, 1.54) is 6.92 Å². The molecule has 8 nitrogen and oxygen atoms in total. The van der Waals surface area contributed by atoms with Gasteiger partial charge in [-0.05, 0) is 31.9 Å². The molecular weight excluding hydrogens is 392 g/mol. The average Bonchev–Trinajstić information content (AvgIpc) is 3.06. The molecule has 3 aliphatic heterocycles. The van der Waals surface area contributed by atoms with Crippen LogP contribution >= 0.6 is 0 Å². The van der Waals surface area contributed by atoms with Crippen LogP contribution in [0.2, 0.25) is 0 Å². The minimum atomic E-state index is -1.70. The summed E-state index contributed by atoms with van der Waals surface area (Å²) in [6.07, 6.45) is -0.0240. The summed E-state index contributed by atoms with van der Waals surface area (Å²) in [5.74, 6) is -4.16. The molecule has 3 aliphatic rings. The highest BCUT2D eigenvalue weighted by Gasteiger charge is 2.59. The molecule has 166 valence electrons. The Hall–Kier alpha value is -2.19. The lowest BCUT2D eigenvalue weighted by Gasteiger charge is -2.35. The Balaban J connectivity index is 2.06. The van der Waals surface area contributed by atoms with Crippen molar-refractivity contribution in [2.24, 2.45) is 11.8 Å². The molecule has 3 rings (SSSR count). The maximum atomic E-state index is 12.6. The van der Waals surface area contributed by atoms with Gasteiger partial charge in [-0.25, -0.2) is 4.79 Å². The van der Waals surface area contributed by atoms with Crippen LogP contribution in [0.25, 0.3) is 0 Å². The molecular formula is C22H30O8. The number of ether oxygens (including phenoxy) is 4. The van der Waals surface area contributed by atoms with Crippen molar-refractivity contribution in [1.82, 2.24) is 0 Å². The van der Waals surface area contributed by atoms with Gasteiger partial charge >= 0.3 is 17.9 Å². The van der Waals surface area contributed by atoms with Gasteiger partial charge in [-0.15, -0.1) is 0 Å². The average molecular weight is 422 g/mol. The van der Waals surface area contributed by atoms with E-state index < -0.39 is 53.5 Å². The Morgan fingerprint density at radius 3 is 2.63 bits per heavy atom. The highest BCUT2D eigenvalue weighted by atomic mass is 16.7. The number of carbonyl (C=O) groups is 3. The van der Waals surface area contributed by atoms with Gasteiger partial charge in [0.1, 0.15) is 23.9 Å². The topological polar surface area (TPSA) is 108 Å². The Morgan fingerprint density at radius 2 is 2.03 bits per heavy atom. The fourth-order valence-corrected chi connectivity index (χ4v) is 4.37. The Morgan fingerprint density at radius 1 is 1.37 bits per heavy atom. The van der Waals surface area contributed by atoms with Crippen molar-refractivity contribution in [2.75, 3.05) is 0 Å². The van der Waals surface area contributed by atoms with Crippen molar-refractivity contribution >= 4 is 17.9 Å². The summed E-state index contributed by atoms with van der Waals surface area (Å²) >= 11 is 0. The first-order chi connectivity index (χ1) is 13.9. The number of aliphatic hydroxyl groups is 1. The van der Waals surface area contributed by atoms with E-state index in [-0.39, 0.29) is 24.3 Å². The van der Waals surface area contributed by atoms with Gasteiger partial charge in [0, 0.05) is 25.3 Å². The molecule has 2 saturated heterocycles. The van der Waals surface area contributed by atoms with Gasteiger partial charge < -0.3 is 24.1 Å². The highest BCUT2D eigenvalue weighted by Crippen LogP contribution is 2.49. The SMILES string of the molecule is C=C1C(=O)O[C@H]2/C=C(/C)[C@@]3(O)C[C@H](OC(C)=O)[C@@](C)(C[C@@H](OC(=O)[C@H](C)CC)[C@@H]12)O3. The molecule has 0 aromatic heterocycles. The second kappa shape index (κ2) is 7.81. The molecule has 0 saturated carbocycles. The molecule has 2 bridgehead atoms. The van der Waals surface area contributed by atoms with Gasteiger partial charge in [0.2, 0.25) is 0 Å². The smallest absolute Gasteiger partial charge is 0.334 e. The standard InChI is InChI=1S/C22H30O8/c1-7-11(2)19(24)29-16-9-21(6)17(27-14(5)23)10-22(26,30-21)12(3)8-15-18(16)13(4)20(25)28-15/h8,11,15-18,26H,4,7,9-10H2,1-3,5-6H3/b12-8-/t11-,15+,16-,17+,18+,21-,22-/m1/s1. The van der Waals surface area contributed by atoms with Crippen LogP contribution in [0.5, 0.6) is 0 Å². The zero-order valence-electron chi connectivity index (χ0n) is 18.1. The first kappa shape index (κ1) is 22.5. The Bertz CT molecular complexity index is 801. The number of rotatable bonds is 4. The molecule has 0 aromatic carbocycles. The molecule has 2 fully saturated rings. The van der Waals surface area contributed by atoms with Crippen molar-refractivity contribution in [1.29, 1.82) is 0 Å². The van der Waals surface area contributed by atoms with Crippen LogP contribution in [0, 0.1) is 11.8 Å². The first-order valence-electron chi connectivity index (χ1n) is 10.3. The van der Waals surface area contributed by atoms with Crippen molar-refractivity contribution in [3.63, 3.8) is 0 Å². The molecule has 0 aliphatic carbocycles. The van der Waals surface area contributed by atoms with Crippen LogP contribution < -0.4 is 0 Å². The number of hydrogen-bond acceptors (Lipinski definition) is 8. The zero-order valence-corrected chi connectivity index (χ0v) is 18.1. The van der Waals surface area contributed by atoms with E-state index in [1.807, 2.05) is 6.92 Å². The molecule has 0 unspecified atom stereocenters. The van der Waals surface area contributed by atoms with Crippen LogP contribution in [0.4, 0.5) is 0 Å². The number of carbonyl (C=O) groups excluding carboxylic acids is 3. The minimum Gasteiger partial charge on any atom is -0.461 e. The van der Waals surface area contributed by atoms with Crippen molar-refractivity contribution in [2.45, 2.75) is 83.6 Å². The van der Waals surface area contributed by atoms with Gasteiger partial charge in [-0.3, -0.25) is 9.59 Å². The van der Waals surface area contributed by atoms with Crippen molar-refractivity contribution in [3.8, 4) is 0 Å². The van der Waals surface area contributed by atoms with Crippen LogP contribution in [-0.4, -0.2) is 52.7 Å². The van der Waals surface area contributed by atoms with Gasteiger partial charge in [0.05, 0.1) is 11.8 Å². The van der Waals surface area contributed by atoms with Gasteiger partial charge in [-0.1, -0.05) is 20.4 Å². The van der Waals surface area contributed by atoms with Crippen LogP contribution in [0.3, 0.4) is 0 Å². The van der Waals surface area contributed by atoms with Crippen molar-refractivity contribution < 1.29 is 38.4 Å². The van der Waals surface area contributed by atoms with Crippen LogP contribution in [0.15, 0.2) is 23.8 Å². The van der Waals surface area contributed by atoms with E-state index in [0.717, 1.165) is 0 Å². The third kappa shape index (κ3) is 3.90. The fourth-order valence-electron chi connectivity index (χ4n) is 4.37. The minimum absolute atomic E-state index is 0.0176. The zero-order chi connectivity index (χ0) is 22.4. The Kier molecular flexibility index (Phi) is 5.86. The summed E-state index contributed by atoms with van der Waals surface area (Å²) in [6.45, 7) is 12.1. The largest absolute Gasteiger partial charge is 0.461 e. The maximum absolute atomic E-state index is 12.6. The third-order valence-electron chi connectivity index (χ3n) is 6.43. The fraction of sp³-hybridized carbons (Fsp3) is 0.682. The summed E-state index contributed by atoms with van der Waals surface area (Å²) in [6, 6.07) is 0. The molecule has 0 radical (unpaired) electrons. The van der Waals surface area contributed by atoms with E-state index >= 15 is 0 Å². The number of fused-ring (bicyclic) bond motifs is 3. The summed E-state index contributed by atoms with van der Waals surface area (Å²) < 4.78 is 22.8. The van der Waals surface area contributed by atoms with Gasteiger partial charge in [-0.2, -0.15) is 0 Å². The summed E-state index contributed by atoms with van der Waals surface area (Å²) in [5.41, 5.74) is -0.533. The number of hydrogen-bond donors (Lipinski definition) is 1. The van der Waals surface area contributed by atoms with Crippen LogP contribution in [-0.2, 0) is 33.3 Å². The predicted molar refractivity (Wildman–Crippen MR) is 105 cm³/mol. The second-order valence-electron chi connectivity index (χ2n) is 8.76. The third-order valence-corrected chi connectivity index (χ3v) is 6.43. The summed E-state index contributed by atoms with van der Waals surface area (Å²) in [4.78, 5) is 36.6. The monoisotopic (exact) mass is 422 g/mol. The van der Waals surface area contributed by atoms with Gasteiger partial charge in [0.15, 0.2) is 5.79 Å². The number of esters is 3. The van der Waals surface area contributed by atoms with Gasteiger partial charge in [0.25, 0.3) is 0 Å². The van der Waals surface area contributed by atoms with E-state index in [2.05, 4.69) is 6.58 Å². The normalized spacial score (nSPS) is 40.8. The lowest BCUT2D eigenvalue weighted by atomic mass is 9.80. The molecule has 0 aromatic rings. The summed E-state index contributed by atoms with van der Waals surface area (Å²) in [7, 11) is 0. The molecule has 8 heteroatoms. The van der Waals surface area contributed by atoms with E-state index in [1.54, 1.807) is 26.8 Å². The quantitative estimate of drug-likeness (QED) is 0.318. The first-order valence-corrected chi connectivity index (χ1v) is 10.3. The second-order valence-corrected chi connectivity index (χ2v) is 8.76. The predicted octanol–water partition coefficient (Wildman–Crippen LogP) is 2.19. The Labute approximate surface area is 176 Å². The maximum Gasteiger partial charge on any atom is 0.334 e. The lowest BCUT2D eigenvalue weighted by molar-refractivity contribution is -0.212. The van der Waals surface area contributed by atoms with Crippen LogP contribution in [0.1, 0.15) is 53.9 Å². The molecule has 7 atom stereocenters. The highest BCUT2D eigenvalue weighted by molar-refractivity contribution is 5.91. The van der Waals surface area contributed by atoms with Crippen molar-refractivity contribution in [3.05, 3.63) is 23.8 Å².